The molecule has 1 aliphatic rings. The molecule has 1 aromatic carbocycles. The van der Waals surface area contributed by atoms with Crippen molar-refractivity contribution in [3.05, 3.63) is 60.0 Å². The topological polar surface area (TPSA) is 122 Å². The van der Waals surface area contributed by atoms with Crippen molar-refractivity contribution in [1.29, 1.82) is 0 Å². The van der Waals surface area contributed by atoms with Crippen molar-refractivity contribution in [2.24, 2.45) is 0 Å². The van der Waals surface area contributed by atoms with Crippen LogP contribution in [0, 0.1) is 6.92 Å². The van der Waals surface area contributed by atoms with E-state index < -0.39 is 15.9 Å². The van der Waals surface area contributed by atoms with Crippen molar-refractivity contribution >= 4 is 32.7 Å². The van der Waals surface area contributed by atoms with Crippen molar-refractivity contribution in [2.75, 3.05) is 38.5 Å². The summed E-state index contributed by atoms with van der Waals surface area (Å²) in [6, 6.07) is 11.2. The predicted octanol–water partition coefficient (Wildman–Crippen LogP) is 2.98. The molecule has 4 aromatic rings. The number of carbonyl (C=O) groups excluding carboxylic acids is 1. The van der Waals surface area contributed by atoms with Crippen LogP contribution < -0.4 is 5.32 Å². The number of nitrogens with one attached hydrogen (secondary N) is 1. The van der Waals surface area contributed by atoms with E-state index >= 15 is 0 Å². The number of hydrogen-bond donors (Lipinski definition) is 1. The first kappa shape index (κ1) is 22.3. The van der Waals surface area contributed by atoms with E-state index in [1.165, 1.54) is 22.7 Å². The van der Waals surface area contributed by atoms with Gasteiger partial charge in [-0.15, -0.1) is 0 Å². The molecule has 1 fully saturated rings. The molecule has 0 saturated carbocycles. The van der Waals surface area contributed by atoms with Gasteiger partial charge in [-0.1, -0.05) is 5.16 Å². The number of benzene rings is 1. The fourth-order valence-corrected chi connectivity index (χ4v) is 5.33. The summed E-state index contributed by atoms with van der Waals surface area (Å²) in [6.07, 6.45) is 1.52. The molecule has 10 nitrogen and oxygen atoms in total. The van der Waals surface area contributed by atoms with Gasteiger partial charge in [0.1, 0.15) is 5.69 Å². The van der Waals surface area contributed by atoms with Gasteiger partial charge in [-0.3, -0.25) is 4.79 Å². The zero-order chi connectivity index (χ0) is 23.9. The number of sulfonamides is 1. The van der Waals surface area contributed by atoms with Crippen LogP contribution in [-0.2, 0) is 10.0 Å². The lowest BCUT2D eigenvalue weighted by molar-refractivity contribution is 0.102. The Morgan fingerprint density at radius 3 is 2.50 bits per heavy atom. The highest BCUT2D eigenvalue weighted by molar-refractivity contribution is 7.89. The molecule has 1 N–H and O–H groups in total. The van der Waals surface area contributed by atoms with Gasteiger partial charge in [-0.2, -0.15) is 4.31 Å². The number of carbonyl (C=O) groups is 1. The second-order valence-corrected chi connectivity index (χ2v) is 10.1. The van der Waals surface area contributed by atoms with Crippen molar-refractivity contribution < 1.29 is 22.2 Å². The van der Waals surface area contributed by atoms with E-state index in [1.807, 2.05) is 7.05 Å². The Morgan fingerprint density at radius 1 is 1.09 bits per heavy atom. The number of aryl methyl sites for hydroxylation is 1. The monoisotopic (exact) mass is 481 g/mol. The number of likely N-dealkylation sites (N-methyl/N-ethyl adjacent to an activating group) is 1. The third-order valence-electron chi connectivity index (χ3n) is 5.85. The maximum absolute atomic E-state index is 13.2. The third kappa shape index (κ3) is 4.09. The fourth-order valence-electron chi connectivity index (χ4n) is 3.91. The van der Waals surface area contributed by atoms with Gasteiger partial charge in [0, 0.05) is 31.9 Å². The van der Waals surface area contributed by atoms with Crippen LogP contribution in [0.1, 0.15) is 16.1 Å². The van der Waals surface area contributed by atoms with Gasteiger partial charge in [-0.25, -0.2) is 13.4 Å². The Balaban J connectivity index is 1.40. The lowest BCUT2D eigenvalue weighted by Gasteiger charge is -2.31. The molecule has 11 heteroatoms. The van der Waals surface area contributed by atoms with Crippen LogP contribution in [-0.4, -0.2) is 66.9 Å². The van der Waals surface area contributed by atoms with E-state index in [2.05, 4.69) is 20.4 Å². The smallest absolute Gasteiger partial charge is 0.259 e. The number of pyridine rings is 1. The normalized spacial score (nSPS) is 15.6. The summed E-state index contributed by atoms with van der Waals surface area (Å²) in [5.74, 6) is 0.0876. The van der Waals surface area contributed by atoms with Crippen LogP contribution in [0.5, 0.6) is 0 Å². The maximum atomic E-state index is 13.2. The molecule has 0 bridgehead atoms. The number of piperazine rings is 1. The number of amides is 1. The summed E-state index contributed by atoms with van der Waals surface area (Å²) in [4.78, 5) is 19.9. The van der Waals surface area contributed by atoms with Gasteiger partial charge in [0.25, 0.3) is 11.6 Å². The van der Waals surface area contributed by atoms with Crippen LogP contribution in [0.25, 0.3) is 22.6 Å². The zero-order valence-electron chi connectivity index (χ0n) is 18.7. The summed E-state index contributed by atoms with van der Waals surface area (Å²) in [6.45, 7) is 4.01. The number of hydrogen-bond acceptors (Lipinski definition) is 8. The molecule has 3 aromatic heterocycles. The quantitative estimate of drug-likeness (QED) is 0.462. The third-order valence-corrected chi connectivity index (χ3v) is 7.76. The second-order valence-electron chi connectivity index (χ2n) is 8.17. The van der Waals surface area contributed by atoms with Gasteiger partial charge in [0.15, 0.2) is 5.76 Å². The summed E-state index contributed by atoms with van der Waals surface area (Å²) in [5, 5.41) is 7.26. The van der Waals surface area contributed by atoms with Gasteiger partial charge in [0.05, 0.1) is 27.8 Å². The van der Waals surface area contributed by atoms with Crippen LogP contribution in [0.4, 0.5) is 5.69 Å². The molecule has 0 spiro atoms. The van der Waals surface area contributed by atoms with E-state index in [0.29, 0.717) is 60.0 Å². The predicted molar refractivity (Wildman–Crippen MR) is 125 cm³/mol. The Labute approximate surface area is 196 Å². The number of aromatic nitrogens is 2. The molecule has 34 heavy (non-hydrogen) atoms. The van der Waals surface area contributed by atoms with Crippen LogP contribution in [0.15, 0.2) is 62.6 Å². The Hall–Kier alpha value is -3.54. The summed E-state index contributed by atoms with van der Waals surface area (Å²) < 4.78 is 38.1. The minimum atomic E-state index is -3.59. The number of rotatable bonds is 5. The standard InChI is InChI=1S/C23H23N5O5S/c1-15-21-18(14-19(20-4-3-13-32-20)25-23(21)33-26-15)22(29)24-16-5-7-17(8-6-16)34(30,31)28-11-9-27(2)10-12-28/h3-8,13-14H,9-12H2,1-2H3,(H,24,29). The van der Waals surface area contributed by atoms with Gasteiger partial charge in [-0.05, 0) is 56.4 Å². The summed E-state index contributed by atoms with van der Waals surface area (Å²) >= 11 is 0. The molecule has 176 valence electrons. The molecule has 0 atom stereocenters. The fraction of sp³-hybridized carbons (Fsp3) is 0.261. The minimum Gasteiger partial charge on any atom is -0.463 e. The summed E-state index contributed by atoms with van der Waals surface area (Å²) in [5.41, 5.74) is 1.98. The Kier molecular flexibility index (Phi) is 5.68. The van der Waals surface area contributed by atoms with Crippen molar-refractivity contribution in [3.8, 4) is 11.5 Å². The molecule has 1 aliphatic heterocycles. The zero-order valence-corrected chi connectivity index (χ0v) is 19.5. The maximum Gasteiger partial charge on any atom is 0.259 e. The van der Waals surface area contributed by atoms with E-state index in [0.717, 1.165) is 0 Å². The van der Waals surface area contributed by atoms with E-state index in [4.69, 9.17) is 8.94 Å². The first-order valence-electron chi connectivity index (χ1n) is 10.7. The molecular weight excluding hydrogens is 458 g/mol. The highest BCUT2D eigenvalue weighted by atomic mass is 32.2. The minimum absolute atomic E-state index is 0.191. The molecule has 0 unspecified atom stereocenters. The summed E-state index contributed by atoms with van der Waals surface area (Å²) in [7, 11) is -1.62. The van der Waals surface area contributed by atoms with E-state index in [-0.39, 0.29) is 10.6 Å². The number of fused-ring (bicyclic) bond motifs is 1. The number of nitrogens with zero attached hydrogens (tertiary/aromatic N) is 4. The Morgan fingerprint density at radius 2 is 1.82 bits per heavy atom. The lowest BCUT2D eigenvalue weighted by atomic mass is 10.1. The first-order valence-corrected chi connectivity index (χ1v) is 12.2. The molecular formula is C23H23N5O5S. The molecule has 5 rings (SSSR count). The van der Waals surface area contributed by atoms with E-state index in [9.17, 15) is 13.2 Å². The molecule has 1 amide bonds. The molecule has 0 radical (unpaired) electrons. The number of anilines is 1. The second kappa shape index (κ2) is 8.67. The highest BCUT2D eigenvalue weighted by Crippen LogP contribution is 2.28. The van der Waals surface area contributed by atoms with Crippen LogP contribution in [0.3, 0.4) is 0 Å². The van der Waals surface area contributed by atoms with Gasteiger partial charge < -0.3 is 19.2 Å². The average molecular weight is 482 g/mol. The van der Waals surface area contributed by atoms with Gasteiger partial charge >= 0.3 is 0 Å². The van der Waals surface area contributed by atoms with Crippen molar-refractivity contribution in [3.63, 3.8) is 0 Å². The van der Waals surface area contributed by atoms with Crippen molar-refractivity contribution in [2.45, 2.75) is 11.8 Å². The molecule has 0 aliphatic carbocycles. The largest absolute Gasteiger partial charge is 0.463 e. The molecule has 1 saturated heterocycles. The average Bonchev–Trinajstić information content (AvgIpc) is 3.50. The number of furan rings is 1. The SMILES string of the molecule is Cc1noc2nc(-c3ccco3)cc(C(=O)Nc3ccc(S(=O)(=O)N4CCN(C)CC4)cc3)c12. The highest BCUT2D eigenvalue weighted by Gasteiger charge is 2.27. The van der Waals surface area contributed by atoms with Crippen molar-refractivity contribution in [1.82, 2.24) is 19.3 Å². The van der Waals surface area contributed by atoms with Crippen LogP contribution in [0.2, 0.25) is 0 Å². The van der Waals surface area contributed by atoms with Gasteiger partial charge in [0.2, 0.25) is 10.0 Å². The lowest BCUT2D eigenvalue weighted by Crippen LogP contribution is -2.46. The first-order chi connectivity index (χ1) is 16.3. The molecule has 4 heterocycles. The Bertz CT molecular complexity index is 1440. The van der Waals surface area contributed by atoms with Crippen LogP contribution >= 0.6 is 0 Å². The van der Waals surface area contributed by atoms with E-state index in [1.54, 1.807) is 37.3 Å².